The van der Waals surface area contributed by atoms with E-state index in [2.05, 4.69) is 26.0 Å². The molecule has 0 radical (unpaired) electrons. The highest BCUT2D eigenvalue weighted by molar-refractivity contribution is 6.62. The van der Waals surface area contributed by atoms with E-state index in [1.54, 1.807) is 0 Å². The van der Waals surface area contributed by atoms with Gasteiger partial charge in [0.05, 0.1) is 0 Å². The Morgan fingerprint density at radius 3 is 2.44 bits per heavy atom. The van der Waals surface area contributed by atoms with Crippen LogP contribution in [0.1, 0.15) is 25.0 Å². The predicted molar refractivity (Wildman–Crippen MR) is 77.1 cm³/mol. The fourth-order valence-corrected chi connectivity index (χ4v) is 2.46. The van der Waals surface area contributed by atoms with Gasteiger partial charge < -0.3 is 10.0 Å². The van der Waals surface area contributed by atoms with Crippen molar-refractivity contribution >= 4 is 23.4 Å². The molecule has 0 saturated heterocycles. The fourth-order valence-electron chi connectivity index (χ4n) is 2.46. The minimum absolute atomic E-state index is 0.582. The second-order valence-electron chi connectivity index (χ2n) is 5.34. The molecule has 0 unspecified atom stereocenters. The summed E-state index contributed by atoms with van der Waals surface area (Å²) >= 11 is 0. The summed E-state index contributed by atoms with van der Waals surface area (Å²) in [5.74, 6) is 0.582. The van der Waals surface area contributed by atoms with E-state index < -0.39 is 7.12 Å². The van der Waals surface area contributed by atoms with Crippen LogP contribution in [0.25, 0.3) is 10.8 Å². The van der Waals surface area contributed by atoms with Crippen molar-refractivity contribution in [2.45, 2.75) is 27.2 Å². The van der Waals surface area contributed by atoms with E-state index in [1.807, 2.05) is 25.1 Å². The Labute approximate surface area is 108 Å². The third-order valence-corrected chi connectivity index (χ3v) is 3.17. The lowest BCUT2D eigenvalue weighted by atomic mass is 9.75. The van der Waals surface area contributed by atoms with Gasteiger partial charge in [-0.25, -0.2) is 0 Å². The van der Waals surface area contributed by atoms with Crippen molar-refractivity contribution in [3.63, 3.8) is 0 Å². The van der Waals surface area contributed by atoms with Crippen LogP contribution in [-0.2, 0) is 6.42 Å². The van der Waals surface area contributed by atoms with Crippen LogP contribution >= 0.6 is 0 Å². The number of benzene rings is 2. The van der Waals surface area contributed by atoms with Crippen molar-refractivity contribution < 1.29 is 10.0 Å². The lowest BCUT2D eigenvalue weighted by molar-refractivity contribution is 0.426. The van der Waals surface area contributed by atoms with Crippen LogP contribution in [0.15, 0.2) is 30.3 Å². The van der Waals surface area contributed by atoms with E-state index in [4.69, 9.17) is 0 Å². The third kappa shape index (κ3) is 2.57. The molecular weight excluding hydrogens is 223 g/mol. The average molecular weight is 242 g/mol. The van der Waals surface area contributed by atoms with Crippen LogP contribution in [0.2, 0.25) is 0 Å². The quantitative estimate of drug-likeness (QED) is 0.808. The highest BCUT2D eigenvalue weighted by atomic mass is 16.4. The number of aryl methyl sites for hydroxylation is 1. The summed E-state index contributed by atoms with van der Waals surface area (Å²) in [5.41, 5.74) is 2.92. The molecule has 0 aliphatic rings. The van der Waals surface area contributed by atoms with E-state index in [-0.39, 0.29) is 0 Å². The summed E-state index contributed by atoms with van der Waals surface area (Å²) in [5, 5.41) is 21.0. The molecule has 0 spiro atoms. The molecule has 2 rings (SSSR count). The van der Waals surface area contributed by atoms with Gasteiger partial charge in [-0.2, -0.15) is 0 Å². The zero-order valence-corrected chi connectivity index (χ0v) is 11.1. The largest absolute Gasteiger partial charge is 0.489 e. The van der Waals surface area contributed by atoms with Gasteiger partial charge in [0, 0.05) is 0 Å². The maximum atomic E-state index is 9.47. The van der Waals surface area contributed by atoms with Gasteiger partial charge in [0.25, 0.3) is 0 Å². The monoisotopic (exact) mass is 242 g/mol. The minimum atomic E-state index is -1.42. The Morgan fingerprint density at radius 1 is 1.11 bits per heavy atom. The molecule has 0 bridgehead atoms. The Morgan fingerprint density at radius 2 is 1.83 bits per heavy atom. The first kappa shape index (κ1) is 13.1. The maximum Gasteiger partial charge on any atom is 0.489 e. The van der Waals surface area contributed by atoms with Crippen LogP contribution in [-0.4, -0.2) is 17.2 Å². The number of hydrogen-bond donors (Lipinski definition) is 2. The van der Waals surface area contributed by atoms with Gasteiger partial charge in [-0.05, 0) is 41.1 Å². The molecule has 0 saturated carbocycles. The molecule has 2 aromatic rings. The molecule has 94 valence electrons. The van der Waals surface area contributed by atoms with Gasteiger partial charge in [0.15, 0.2) is 0 Å². The highest BCUT2D eigenvalue weighted by Crippen LogP contribution is 2.21. The predicted octanol–water partition coefficient (Wildman–Crippen LogP) is 2.03. The molecular formula is C15H19BO2. The lowest BCUT2D eigenvalue weighted by Gasteiger charge is -2.13. The number of hydrogen-bond acceptors (Lipinski definition) is 2. The molecule has 0 heterocycles. The Kier molecular flexibility index (Phi) is 3.74. The number of fused-ring (bicyclic) bond motifs is 1. The fraction of sp³-hybridized carbons (Fsp3) is 0.333. The van der Waals surface area contributed by atoms with Gasteiger partial charge in [-0.3, -0.25) is 0 Å². The van der Waals surface area contributed by atoms with Crippen molar-refractivity contribution in [1.29, 1.82) is 0 Å². The Hall–Kier alpha value is -1.32. The van der Waals surface area contributed by atoms with Gasteiger partial charge in [0.1, 0.15) is 0 Å². The maximum absolute atomic E-state index is 9.47. The highest BCUT2D eigenvalue weighted by Gasteiger charge is 2.16. The topological polar surface area (TPSA) is 40.5 Å². The molecule has 0 amide bonds. The molecule has 2 nitrogen and oxygen atoms in total. The molecule has 0 fully saturated rings. The van der Waals surface area contributed by atoms with Crippen molar-refractivity contribution in [3.05, 3.63) is 41.5 Å². The lowest BCUT2D eigenvalue weighted by Crippen LogP contribution is -2.30. The standard InChI is InChI=1S/C15H19BO2/c1-10(2)7-12-5-4-6-13-14(12)8-11(3)9-15(13)16(17)18/h4-6,8-10,17-18H,7H2,1-3H3. The van der Waals surface area contributed by atoms with E-state index in [0.29, 0.717) is 11.4 Å². The Bertz CT molecular complexity index is 562. The first-order valence-electron chi connectivity index (χ1n) is 6.37. The summed E-state index contributed by atoms with van der Waals surface area (Å²) in [6, 6.07) is 10.0. The molecule has 0 aliphatic carbocycles. The SMILES string of the molecule is Cc1cc(B(O)O)c2cccc(CC(C)C)c2c1. The molecule has 2 N–H and O–H groups in total. The van der Waals surface area contributed by atoms with Gasteiger partial charge in [-0.15, -0.1) is 0 Å². The molecule has 3 heteroatoms. The number of rotatable bonds is 3. The smallest absolute Gasteiger partial charge is 0.423 e. The molecule has 0 aliphatic heterocycles. The van der Waals surface area contributed by atoms with Crippen LogP contribution in [0.5, 0.6) is 0 Å². The normalized spacial score (nSPS) is 11.2. The van der Waals surface area contributed by atoms with Gasteiger partial charge in [-0.1, -0.05) is 49.7 Å². The first-order valence-corrected chi connectivity index (χ1v) is 6.37. The molecule has 0 atom stereocenters. The van der Waals surface area contributed by atoms with Gasteiger partial charge >= 0.3 is 7.12 Å². The molecule has 18 heavy (non-hydrogen) atoms. The van der Waals surface area contributed by atoms with Crippen LogP contribution in [0, 0.1) is 12.8 Å². The minimum Gasteiger partial charge on any atom is -0.423 e. The summed E-state index contributed by atoms with van der Waals surface area (Å²) in [4.78, 5) is 0. The molecule has 2 aromatic carbocycles. The van der Waals surface area contributed by atoms with E-state index in [9.17, 15) is 10.0 Å². The van der Waals surface area contributed by atoms with Crippen molar-refractivity contribution in [1.82, 2.24) is 0 Å². The zero-order valence-electron chi connectivity index (χ0n) is 11.1. The van der Waals surface area contributed by atoms with Crippen molar-refractivity contribution in [3.8, 4) is 0 Å². The van der Waals surface area contributed by atoms with Crippen LogP contribution in [0.3, 0.4) is 0 Å². The average Bonchev–Trinajstić information content (AvgIpc) is 2.28. The first-order chi connectivity index (χ1) is 8.49. The van der Waals surface area contributed by atoms with Gasteiger partial charge in [0.2, 0.25) is 0 Å². The van der Waals surface area contributed by atoms with E-state index in [0.717, 1.165) is 22.8 Å². The van der Waals surface area contributed by atoms with E-state index >= 15 is 0 Å². The second kappa shape index (κ2) is 5.13. The molecule has 0 aromatic heterocycles. The Balaban J connectivity index is 2.69. The second-order valence-corrected chi connectivity index (χ2v) is 5.34. The van der Waals surface area contributed by atoms with Crippen molar-refractivity contribution in [2.75, 3.05) is 0 Å². The summed E-state index contributed by atoms with van der Waals surface area (Å²) in [7, 11) is -1.42. The third-order valence-electron chi connectivity index (χ3n) is 3.17. The zero-order chi connectivity index (χ0) is 13.3. The van der Waals surface area contributed by atoms with E-state index in [1.165, 1.54) is 5.56 Å². The van der Waals surface area contributed by atoms with Crippen LogP contribution < -0.4 is 5.46 Å². The summed E-state index contributed by atoms with van der Waals surface area (Å²) in [6.07, 6.45) is 1.00. The summed E-state index contributed by atoms with van der Waals surface area (Å²) in [6.45, 7) is 6.37. The van der Waals surface area contributed by atoms with Crippen molar-refractivity contribution in [2.24, 2.45) is 5.92 Å². The van der Waals surface area contributed by atoms with Crippen LogP contribution in [0.4, 0.5) is 0 Å². The summed E-state index contributed by atoms with van der Waals surface area (Å²) < 4.78 is 0.